The van der Waals surface area contributed by atoms with Crippen LogP contribution in [0.3, 0.4) is 0 Å². The standard InChI is InChI=1S/C22H23F4N7O3S/c1-2-16(34)32-9-3-4-15(11-32)33-20-17(19(27)28-12-29-20)18(31-33)14-7-5-13(6-8-14)10-30-37(35,36)22(25,26)21(23)24/h2,5-8,12,15,21,30H,1,3-4,9-11H2,(H2,27,28,29). The van der Waals surface area contributed by atoms with Gasteiger partial charge in [-0.05, 0) is 24.5 Å². The van der Waals surface area contributed by atoms with E-state index in [4.69, 9.17) is 10.8 Å². The van der Waals surface area contributed by atoms with Gasteiger partial charge in [-0.2, -0.15) is 13.9 Å². The van der Waals surface area contributed by atoms with Crippen molar-refractivity contribution < 1.29 is 30.8 Å². The van der Waals surface area contributed by atoms with E-state index in [0.717, 1.165) is 12.8 Å². The summed E-state index contributed by atoms with van der Waals surface area (Å²) in [6, 6.07) is 5.81. The quantitative estimate of drug-likeness (QED) is 0.331. The van der Waals surface area contributed by atoms with Gasteiger partial charge in [0.1, 0.15) is 17.8 Å². The number of nitrogens with zero attached hydrogens (tertiary/aromatic N) is 5. The Hall–Kier alpha value is -3.59. The lowest BCUT2D eigenvalue weighted by molar-refractivity contribution is -0.127. The lowest BCUT2D eigenvalue weighted by Gasteiger charge is -2.32. The number of anilines is 1. The second-order valence-electron chi connectivity index (χ2n) is 8.42. The number of amides is 1. The first-order chi connectivity index (χ1) is 17.5. The van der Waals surface area contributed by atoms with Gasteiger partial charge < -0.3 is 10.6 Å². The summed E-state index contributed by atoms with van der Waals surface area (Å²) in [5.74, 6) is -0.0137. The number of hydrogen-bond donors (Lipinski definition) is 2. The molecule has 1 amide bonds. The van der Waals surface area contributed by atoms with Gasteiger partial charge in [-0.25, -0.2) is 36.6 Å². The highest BCUT2D eigenvalue weighted by Gasteiger charge is 2.54. The third-order valence-electron chi connectivity index (χ3n) is 6.05. The molecular formula is C22H23F4N7O3S. The number of nitrogen functional groups attached to an aromatic ring is 1. The van der Waals surface area contributed by atoms with Gasteiger partial charge >= 0.3 is 11.7 Å². The number of rotatable bonds is 8. The highest BCUT2D eigenvalue weighted by Crippen LogP contribution is 2.34. The summed E-state index contributed by atoms with van der Waals surface area (Å²) >= 11 is 0. The maximum absolute atomic E-state index is 13.3. The number of likely N-dealkylation sites (tertiary alicyclic amines) is 1. The van der Waals surface area contributed by atoms with E-state index in [1.807, 2.05) is 0 Å². The average Bonchev–Trinajstić information content (AvgIpc) is 3.28. The number of aromatic nitrogens is 4. The van der Waals surface area contributed by atoms with E-state index in [9.17, 15) is 30.8 Å². The third kappa shape index (κ3) is 5.00. The molecule has 37 heavy (non-hydrogen) atoms. The predicted molar refractivity (Wildman–Crippen MR) is 127 cm³/mol. The Morgan fingerprint density at radius 1 is 1.27 bits per heavy atom. The molecule has 1 aliphatic heterocycles. The number of carbonyl (C=O) groups is 1. The van der Waals surface area contributed by atoms with Crippen LogP contribution in [0.5, 0.6) is 0 Å². The van der Waals surface area contributed by atoms with Gasteiger partial charge in [0.05, 0.1) is 11.4 Å². The van der Waals surface area contributed by atoms with Crippen LogP contribution in [0.2, 0.25) is 0 Å². The van der Waals surface area contributed by atoms with E-state index in [1.165, 1.54) is 29.3 Å². The van der Waals surface area contributed by atoms with Gasteiger partial charge in [-0.1, -0.05) is 30.8 Å². The Morgan fingerprint density at radius 2 is 1.97 bits per heavy atom. The van der Waals surface area contributed by atoms with Crippen molar-refractivity contribution in [3.05, 3.63) is 48.8 Å². The van der Waals surface area contributed by atoms with Gasteiger partial charge in [0.25, 0.3) is 10.0 Å². The van der Waals surface area contributed by atoms with E-state index >= 15 is 0 Å². The van der Waals surface area contributed by atoms with Crippen molar-refractivity contribution in [1.29, 1.82) is 0 Å². The first kappa shape index (κ1) is 26.5. The van der Waals surface area contributed by atoms with Crippen molar-refractivity contribution in [2.45, 2.75) is 37.1 Å². The molecule has 2 aromatic heterocycles. The van der Waals surface area contributed by atoms with Crippen molar-refractivity contribution in [3.63, 3.8) is 0 Å². The van der Waals surface area contributed by atoms with Crippen molar-refractivity contribution >= 4 is 32.8 Å². The molecule has 198 valence electrons. The molecule has 15 heteroatoms. The Balaban J connectivity index is 1.62. The summed E-state index contributed by atoms with van der Waals surface area (Å²) in [5, 5.41) is -0.0424. The van der Waals surface area contributed by atoms with E-state index in [-0.39, 0.29) is 23.3 Å². The molecule has 3 heterocycles. The molecule has 3 aromatic rings. The maximum atomic E-state index is 13.3. The molecule has 0 aliphatic carbocycles. The van der Waals surface area contributed by atoms with Gasteiger partial charge in [0.2, 0.25) is 5.91 Å². The number of halogens is 4. The second-order valence-corrected chi connectivity index (χ2v) is 10.3. The molecular weight excluding hydrogens is 518 g/mol. The van der Waals surface area contributed by atoms with Crippen LogP contribution in [0.15, 0.2) is 43.2 Å². The minimum Gasteiger partial charge on any atom is -0.383 e. The highest BCUT2D eigenvalue weighted by molar-refractivity contribution is 7.90. The minimum absolute atomic E-state index is 0.173. The minimum atomic E-state index is -5.59. The summed E-state index contributed by atoms with van der Waals surface area (Å²) in [4.78, 5) is 22.2. The number of sulfonamides is 1. The van der Waals surface area contributed by atoms with Crippen molar-refractivity contribution in [1.82, 2.24) is 29.4 Å². The van der Waals surface area contributed by atoms with E-state index in [0.29, 0.717) is 35.4 Å². The number of alkyl halides is 4. The molecule has 1 atom stereocenters. The molecule has 1 saturated heterocycles. The molecule has 1 aliphatic rings. The average molecular weight is 542 g/mol. The maximum Gasteiger partial charge on any atom is 0.417 e. The van der Waals surface area contributed by atoms with Crippen LogP contribution in [-0.2, 0) is 21.4 Å². The van der Waals surface area contributed by atoms with Gasteiger partial charge in [-0.15, -0.1) is 0 Å². The number of benzene rings is 1. The molecule has 10 nitrogen and oxygen atoms in total. The van der Waals surface area contributed by atoms with Gasteiger partial charge in [-0.3, -0.25) is 4.79 Å². The van der Waals surface area contributed by atoms with Crippen molar-refractivity contribution in [2.24, 2.45) is 0 Å². The molecule has 1 aromatic carbocycles. The lowest BCUT2D eigenvalue weighted by Crippen LogP contribution is -2.44. The normalized spacial score (nSPS) is 16.9. The van der Waals surface area contributed by atoms with Gasteiger partial charge in [0, 0.05) is 25.2 Å². The lowest BCUT2D eigenvalue weighted by atomic mass is 10.1. The monoisotopic (exact) mass is 541 g/mol. The summed E-state index contributed by atoms with van der Waals surface area (Å²) in [6.45, 7) is 3.90. The SMILES string of the molecule is C=CC(=O)N1CCCC(n2nc(-c3ccc(CNS(=O)(=O)C(F)(F)C(F)F)cc3)c3c(N)ncnc32)C1. The Morgan fingerprint density at radius 3 is 2.62 bits per heavy atom. The number of hydrogen-bond acceptors (Lipinski definition) is 7. The van der Waals surface area contributed by atoms with Crippen molar-refractivity contribution in [2.75, 3.05) is 18.8 Å². The van der Waals surface area contributed by atoms with Crippen molar-refractivity contribution in [3.8, 4) is 11.3 Å². The summed E-state index contributed by atoms with van der Waals surface area (Å²) in [6.07, 6.45) is -0.319. The molecule has 0 saturated carbocycles. The van der Waals surface area contributed by atoms with Gasteiger partial charge in [0.15, 0.2) is 5.65 Å². The fourth-order valence-electron chi connectivity index (χ4n) is 4.11. The molecule has 0 spiro atoms. The van der Waals surface area contributed by atoms with Crippen LogP contribution in [-0.4, -0.2) is 63.7 Å². The zero-order valence-corrected chi connectivity index (χ0v) is 20.1. The van der Waals surface area contributed by atoms with Crippen LogP contribution in [0.1, 0.15) is 24.4 Å². The smallest absolute Gasteiger partial charge is 0.383 e. The zero-order chi connectivity index (χ0) is 27.0. The first-order valence-corrected chi connectivity index (χ1v) is 12.6. The molecule has 0 bridgehead atoms. The Bertz CT molecular complexity index is 1430. The summed E-state index contributed by atoms with van der Waals surface area (Å²) in [7, 11) is -5.59. The molecule has 4 rings (SSSR count). The van der Waals surface area contributed by atoms with Crippen LogP contribution >= 0.6 is 0 Å². The van der Waals surface area contributed by atoms with E-state index in [2.05, 4.69) is 16.5 Å². The number of fused-ring (bicyclic) bond motifs is 1. The second kappa shape index (κ2) is 10.0. The Kier molecular flexibility index (Phi) is 7.19. The van der Waals surface area contributed by atoms with E-state index < -0.39 is 28.2 Å². The summed E-state index contributed by atoms with van der Waals surface area (Å²) in [5.41, 5.74) is 7.82. The third-order valence-corrected chi connectivity index (χ3v) is 7.47. The van der Waals surface area contributed by atoms with Crippen LogP contribution < -0.4 is 10.5 Å². The molecule has 3 N–H and O–H groups in total. The number of piperidine rings is 1. The topological polar surface area (TPSA) is 136 Å². The van der Waals surface area contributed by atoms with Crippen LogP contribution in [0.4, 0.5) is 23.4 Å². The Labute approximate surface area is 209 Å². The first-order valence-electron chi connectivity index (χ1n) is 11.1. The largest absolute Gasteiger partial charge is 0.417 e. The van der Waals surface area contributed by atoms with E-state index in [1.54, 1.807) is 21.7 Å². The fourth-order valence-corrected chi connectivity index (χ4v) is 4.89. The number of nitrogens with two attached hydrogens (primary N) is 1. The number of nitrogens with one attached hydrogen (secondary N) is 1. The molecule has 0 radical (unpaired) electrons. The number of carbonyl (C=O) groups excluding carboxylic acids is 1. The predicted octanol–water partition coefficient (Wildman–Crippen LogP) is 2.70. The van der Waals surface area contributed by atoms with Crippen LogP contribution in [0, 0.1) is 0 Å². The van der Waals surface area contributed by atoms with Crippen LogP contribution in [0.25, 0.3) is 22.3 Å². The molecule has 1 fully saturated rings. The fraction of sp³-hybridized carbons (Fsp3) is 0.364. The zero-order valence-electron chi connectivity index (χ0n) is 19.3. The highest BCUT2D eigenvalue weighted by atomic mass is 32.2. The summed E-state index contributed by atoms with van der Waals surface area (Å²) < 4.78 is 77.7. The molecule has 1 unspecified atom stereocenters.